The minimum absolute atomic E-state index is 0.0109. The molecule has 0 saturated carbocycles. The van der Waals surface area contributed by atoms with E-state index in [-0.39, 0.29) is 4.34 Å². The Hall–Kier alpha value is -0.720. The van der Waals surface area contributed by atoms with Crippen LogP contribution in [0.4, 0.5) is 0 Å². The Balaban J connectivity index is 2.60. The van der Waals surface area contributed by atoms with Crippen LogP contribution in [0, 0.1) is 5.92 Å². The molecule has 1 atom stereocenters. The molecule has 1 heterocycles. The van der Waals surface area contributed by atoms with Crippen molar-refractivity contribution in [3.63, 3.8) is 0 Å². The Morgan fingerprint density at radius 1 is 1.67 bits per heavy atom. The largest absolute Gasteiger partial charge is 0.265 e. The number of nitrogens with zero attached hydrogens (tertiary/aromatic N) is 1. The van der Waals surface area contributed by atoms with Gasteiger partial charge >= 0.3 is 0 Å². The number of rotatable bonds is 2. The number of nitrogens with two attached hydrogens (primary N) is 1. The van der Waals surface area contributed by atoms with Crippen molar-refractivity contribution in [1.82, 2.24) is 4.98 Å². The van der Waals surface area contributed by atoms with Gasteiger partial charge in [0.15, 0.2) is 0 Å². The fourth-order valence-electron chi connectivity index (χ4n) is 1.54. The Labute approximate surface area is 92.2 Å². The van der Waals surface area contributed by atoms with E-state index in [1.165, 1.54) is 0 Å². The Morgan fingerprint density at radius 3 is 3.00 bits per heavy atom. The van der Waals surface area contributed by atoms with Crippen LogP contribution in [0.15, 0.2) is 4.34 Å². The zero-order valence-electron chi connectivity index (χ0n) is 8.30. The maximum absolute atomic E-state index is 11.1. The Bertz CT molecular complexity index is 586. The molecule has 2 N–H and O–H groups in total. The monoisotopic (exact) mass is 244 g/mol. The first-order valence-corrected chi connectivity index (χ1v) is 7.08. The molecule has 0 aliphatic heterocycles. The number of hydrogen-bond acceptors (Lipinski definition) is 4. The van der Waals surface area contributed by atoms with Gasteiger partial charge in [0.05, 0.1) is 9.88 Å². The van der Waals surface area contributed by atoms with Crippen molar-refractivity contribution < 1.29 is 8.42 Å². The fourth-order valence-corrected chi connectivity index (χ4v) is 3.23. The molecule has 2 rings (SSSR count). The maximum Gasteiger partial charge on any atom is 0.265 e. The van der Waals surface area contributed by atoms with E-state index in [2.05, 4.69) is 11.9 Å². The van der Waals surface area contributed by atoms with E-state index in [1.807, 2.05) is 12.2 Å². The average molecular weight is 244 g/mol. The summed E-state index contributed by atoms with van der Waals surface area (Å²) in [4.78, 5) is 4.04. The van der Waals surface area contributed by atoms with E-state index in [1.54, 1.807) is 0 Å². The van der Waals surface area contributed by atoms with Crippen molar-refractivity contribution in [2.45, 2.75) is 24.1 Å². The molecule has 0 bridgehead atoms. The second-order valence-electron chi connectivity index (χ2n) is 3.55. The molecule has 1 aliphatic carbocycles. The molecule has 0 radical (unpaired) electrons. The predicted octanol–water partition coefficient (Wildman–Crippen LogP) is -0.219. The van der Waals surface area contributed by atoms with Gasteiger partial charge in [0.2, 0.25) is 4.34 Å². The fraction of sp³-hybridized carbons (Fsp3) is 0.444. The SMILES string of the molecule is CCC1C=c2nc(S(N)(=O)=O)sc2=CC1. The Morgan fingerprint density at radius 2 is 2.40 bits per heavy atom. The van der Waals surface area contributed by atoms with Crippen LogP contribution in [0.25, 0.3) is 12.2 Å². The maximum atomic E-state index is 11.1. The van der Waals surface area contributed by atoms with E-state index < -0.39 is 10.0 Å². The van der Waals surface area contributed by atoms with Gasteiger partial charge in [-0.3, -0.25) is 0 Å². The second kappa shape index (κ2) is 3.70. The highest BCUT2D eigenvalue weighted by molar-refractivity contribution is 7.91. The molecule has 0 amide bonds. The third-order valence-corrected chi connectivity index (χ3v) is 4.82. The lowest BCUT2D eigenvalue weighted by molar-refractivity contribution is 0.596. The summed E-state index contributed by atoms with van der Waals surface area (Å²) < 4.78 is 23.1. The normalized spacial score (nSPS) is 20.3. The first kappa shape index (κ1) is 10.8. The van der Waals surface area contributed by atoms with Crippen molar-refractivity contribution in [2.24, 2.45) is 11.1 Å². The smallest absolute Gasteiger partial charge is 0.224 e. The molecule has 15 heavy (non-hydrogen) atoms. The van der Waals surface area contributed by atoms with Crippen molar-refractivity contribution >= 4 is 33.5 Å². The van der Waals surface area contributed by atoms with Crippen LogP contribution >= 0.6 is 11.3 Å². The molecule has 6 heteroatoms. The van der Waals surface area contributed by atoms with E-state index in [0.29, 0.717) is 5.92 Å². The van der Waals surface area contributed by atoms with Gasteiger partial charge in [-0.2, -0.15) is 0 Å². The van der Waals surface area contributed by atoms with Crippen LogP contribution in [-0.2, 0) is 10.0 Å². The average Bonchev–Trinajstić information content (AvgIpc) is 2.59. The van der Waals surface area contributed by atoms with Crippen LogP contribution in [0.3, 0.4) is 0 Å². The first-order chi connectivity index (χ1) is 7.00. The van der Waals surface area contributed by atoms with Gasteiger partial charge in [-0.05, 0) is 18.8 Å². The lowest BCUT2D eigenvalue weighted by atomic mass is 9.99. The van der Waals surface area contributed by atoms with Crippen LogP contribution < -0.4 is 15.0 Å². The second-order valence-corrected chi connectivity index (χ2v) is 6.31. The summed E-state index contributed by atoms with van der Waals surface area (Å²) in [5, 5.41) is 5.79. The number of sulfonamides is 1. The van der Waals surface area contributed by atoms with Crippen LogP contribution in [-0.4, -0.2) is 13.4 Å². The topological polar surface area (TPSA) is 73.0 Å². The molecular weight excluding hydrogens is 232 g/mol. The number of thiazole rings is 1. The molecule has 4 nitrogen and oxygen atoms in total. The van der Waals surface area contributed by atoms with Gasteiger partial charge in [0, 0.05) is 0 Å². The van der Waals surface area contributed by atoms with Crippen LogP contribution in [0.1, 0.15) is 19.8 Å². The van der Waals surface area contributed by atoms with Gasteiger partial charge in [-0.1, -0.05) is 19.1 Å². The molecule has 1 aliphatic rings. The molecule has 0 spiro atoms. The standard InChI is InChI=1S/C9H12N2O2S2/c1-2-6-3-4-8-7(5-6)11-9(14-8)15(10,12)13/h4-6H,2-3H2,1H3,(H2,10,12,13). The van der Waals surface area contributed by atoms with Crippen LogP contribution in [0.5, 0.6) is 0 Å². The zero-order valence-corrected chi connectivity index (χ0v) is 9.94. The third kappa shape index (κ3) is 2.11. The number of hydrogen-bond donors (Lipinski definition) is 1. The molecular formula is C9H12N2O2S2. The van der Waals surface area contributed by atoms with E-state index in [9.17, 15) is 8.42 Å². The molecule has 82 valence electrons. The van der Waals surface area contributed by atoms with Gasteiger partial charge in [-0.15, -0.1) is 11.3 Å². The van der Waals surface area contributed by atoms with E-state index in [4.69, 9.17) is 5.14 Å². The molecule has 0 aromatic carbocycles. The van der Waals surface area contributed by atoms with Crippen molar-refractivity contribution in [1.29, 1.82) is 0 Å². The quantitative estimate of drug-likeness (QED) is 0.782. The van der Waals surface area contributed by atoms with Crippen LogP contribution in [0.2, 0.25) is 0 Å². The van der Waals surface area contributed by atoms with Gasteiger partial charge in [0.1, 0.15) is 0 Å². The number of fused-ring (bicyclic) bond motifs is 1. The van der Waals surface area contributed by atoms with Gasteiger partial charge in [-0.25, -0.2) is 18.5 Å². The zero-order chi connectivity index (χ0) is 11.1. The summed E-state index contributed by atoms with van der Waals surface area (Å²) >= 11 is 1.14. The molecule has 1 aromatic heterocycles. The van der Waals surface area contributed by atoms with E-state index in [0.717, 1.165) is 34.1 Å². The van der Waals surface area contributed by atoms with Crippen molar-refractivity contribution in [3.8, 4) is 0 Å². The number of aromatic nitrogens is 1. The summed E-state index contributed by atoms with van der Waals surface area (Å²) in [5.41, 5.74) is 0. The molecule has 0 fully saturated rings. The minimum atomic E-state index is -3.65. The molecule has 1 aromatic rings. The summed E-state index contributed by atoms with van der Waals surface area (Å²) in [6.07, 6.45) is 6.06. The summed E-state index contributed by atoms with van der Waals surface area (Å²) in [5.74, 6) is 0.466. The summed E-state index contributed by atoms with van der Waals surface area (Å²) in [7, 11) is -3.65. The summed E-state index contributed by atoms with van der Waals surface area (Å²) in [6, 6.07) is 0. The highest BCUT2D eigenvalue weighted by Crippen LogP contribution is 2.13. The van der Waals surface area contributed by atoms with E-state index >= 15 is 0 Å². The number of primary sulfonamides is 1. The first-order valence-electron chi connectivity index (χ1n) is 4.72. The third-order valence-electron chi connectivity index (χ3n) is 2.43. The highest BCUT2D eigenvalue weighted by atomic mass is 32.2. The molecule has 0 saturated heterocycles. The predicted molar refractivity (Wildman–Crippen MR) is 60.1 cm³/mol. The minimum Gasteiger partial charge on any atom is -0.224 e. The van der Waals surface area contributed by atoms with Crippen molar-refractivity contribution in [3.05, 3.63) is 9.88 Å². The highest BCUT2D eigenvalue weighted by Gasteiger charge is 2.15. The van der Waals surface area contributed by atoms with Gasteiger partial charge in [0.25, 0.3) is 10.0 Å². The van der Waals surface area contributed by atoms with Gasteiger partial charge < -0.3 is 0 Å². The van der Waals surface area contributed by atoms with Crippen molar-refractivity contribution in [2.75, 3.05) is 0 Å². The summed E-state index contributed by atoms with van der Waals surface area (Å²) in [6.45, 7) is 2.10. The lowest BCUT2D eigenvalue weighted by Gasteiger charge is -2.07. The molecule has 1 unspecified atom stereocenters. The lowest BCUT2D eigenvalue weighted by Crippen LogP contribution is -2.26. The Kier molecular flexibility index (Phi) is 2.66.